The number of rotatable bonds is 4. The van der Waals surface area contributed by atoms with E-state index >= 15 is 0 Å². The molecule has 2 aromatic rings. The predicted molar refractivity (Wildman–Crippen MR) is 85.0 cm³/mol. The zero-order chi connectivity index (χ0) is 13.8. The minimum absolute atomic E-state index is 0. The van der Waals surface area contributed by atoms with Gasteiger partial charge in [-0.05, 0) is 43.6 Å². The predicted octanol–water partition coefficient (Wildman–Crippen LogP) is 2.23. The topological polar surface area (TPSA) is 59.0 Å². The maximum Gasteiger partial charge on any atom is 0.224 e. The molecular formula is C15H19ClN4O. The van der Waals surface area contributed by atoms with Gasteiger partial charge in [-0.1, -0.05) is 12.1 Å². The molecule has 1 atom stereocenters. The van der Waals surface area contributed by atoms with Crippen LogP contribution in [0.5, 0.6) is 0 Å². The summed E-state index contributed by atoms with van der Waals surface area (Å²) < 4.78 is 1.76. The van der Waals surface area contributed by atoms with Crippen molar-refractivity contribution in [3.8, 4) is 5.69 Å². The second-order valence-electron chi connectivity index (χ2n) is 5.08. The number of carbonyl (C=O) groups is 1. The summed E-state index contributed by atoms with van der Waals surface area (Å²) in [7, 11) is 0. The zero-order valence-corrected chi connectivity index (χ0v) is 12.5. The van der Waals surface area contributed by atoms with Crippen molar-refractivity contribution in [2.24, 2.45) is 5.92 Å². The number of hydrogen-bond donors (Lipinski definition) is 2. The number of carbonyl (C=O) groups excluding carboxylic acids is 1. The van der Waals surface area contributed by atoms with Crippen LogP contribution in [0.2, 0.25) is 0 Å². The van der Waals surface area contributed by atoms with Crippen LogP contribution in [-0.2, 0) is 4.79 Å². The fourth-order valence-electron chi connectivity index (χ4n) is 2.54. The van der Waals surface area contributed by atoms with E-state index < -0.39 is 0 Å². The number of amides is 1. The molecule has 1 unspecified atom stereocenters. The van der Waals surface area contributed by atoms with E-state index in [0.29, 0.717) is 12.3 Å². The van der Waals surface area contributed by atoms with Crippen molar-refractivity contribution in [2.75, 3.05) is 18.4 Å². The van der Waals surface area contributed by atoms with Crippen LogP contribution in [0.15, 0.2) is 42.7 Å². The number of halogens is 1. The van der Waals surface area contributed by atoms with E-state index in [1.165, 1.54) is 0 Å². The first kappa shape index (κ1) is 15.5. The van der Waals surface area contributed by atoms with Gasteiger partial charge >= 0.3 is 0 Å². The summed E-state index contributed by atoms with van der Waals surface area (Å²) in [5.74, 6) is 0.519. The lowest BCUT2D eigenvalue weighted by molar-refractivity contribution is -0.116. The van der Waals surface area contributed by atoms with Gasteiger partial charge in [-0.15, -0.1) is 12.4 Å². The highest BCUT2D eigenvalue weighted by atomic mass is 35.5. The van der Waals surface area contributed by atoms with Gasteiger partial charge < -0.3 is 10.6 Å². The molecular weight excluding hydrogens is 288 g/mol. The van der Waals surface area contributed by atoms with Crippen LogP contribution >= 0.6 is 12.4 Å². The number of nitrogens with zero attached hydrogens (tertiary/aromatic N) is 2. The zero-order valence-electron chi connectivity index (χ0n) is 11.7. The number of para-hydroxylation sites is 2. The molecule has 6 heteroatoms. The van der Waals surface area contributed by atoms with Gasteiger partial charge in [0.05, 0.1) is 11.4 Å². The van der Waals surface area contributed by atoms with Gasteiger partial charge in [0.2, 0.25) is 5.91 Å². The van der Waals surface area contributed by atoms with Gasteiger partial charge in [0.15, 0.2) is 0 Å². The first-order valence-corrected chi connectivity index (χ1v) is 6.92. The van der Waals surface area contributed by atoms with Crippen LogP contribution in [0, 0.1) is 5.92 Å². The third kappa shape index (κ3) is 3.83. The average molecular weight is 307 g/mol. The van der Waals surface area contributed by atoms with E-state index in [0.717, 1.165) is 30.9 Å². The van der Waals surface area contributed by atoms with Gasteiger partial charge in [-0.3, -0.25) is 4.79 Å². The standard InChI is InChI=1S/C15H18N4O.ClH/c20-15(10-12-6-8-16-11-12)18-13-4-1-2-5-14(13)19-9-3-7-17-19;/h1-5,7,9,12,16H,6,8,10-11H2,(H,18,20);1H. The Bertz CT molecular complexity index is 579. The van der Waals surface area contributed by atoms with Crippen molar-refractivity contribution in [2.45, 2.75) is 12.8 Å². The van der Waals surface area contributed by atoms with Crippen molar-refractivity contribution in [1.29, 1.82) is 0 Å². The maximum absolute atomic E-state index is 12.1. The van der Waals surface area contributed by atoms with E-state index in [-0.39, 0.29) is 18.3 Å². The Morgan fingerprint density at radius 3 is 2.95 bits per heavy atom. The van der Waals surface area contributed by atoms with E-state index in [2.05, 4.69) is 15.7 Å². The molecule has 1 aliphatic rings. The minimum Gasteiger partial charge on any atom is -0.324 e. The third-order valence-electron chi connectivity index (χ3n) is 3.57. The molecule has 0 aliphatic carbocycles. The maximum atomic E-state index is 12.1. The van der Waals surface area contributed by atoms with Gasteiger partial charge in [0, 0.05) is 18.8 Å². The van der Waals surface area contributed by atoms with E-state index in [1.807, 2.05) is 36.5 Å². The summed E-state index contributed by atoms with van der Waals surface area (Å²) >= 11 is 0. The Labute approximate surface area is 130 Å². The second kappa shape index (κ2) is 7.24. The van der Waals surface area contributed by atoms with Crippen LogP contribution < -0.4 is 10.6 Å². The highest BCUT2D eigenvalue weighted by Gasteiger charge is 2.18. The molecule has 1 aliphatic heterocycles. The van der Waals surface area contributed by atoms with Crippen molar-refractivity contribution >= 4 is 24.0 Å². The van der Waals surface area contributed by atoms with Crippen LogP contribution in [0.1, 0.15) is 12.8 Å². The Morgan fingerprint density at radius 1 is 1.38 bits per heavy atom. The number of aromatic nitrogens is 2. The monoisotopic (exact) mass is 306 g/mol. The molecule has 5 nitrogen and oxygen atoms in total. The first-order chi connectivity index (χ1) is 9.83. The smallest absolute Gasteiger partial charge is 0.224 e. The van der Waals surface area contributed by atoms with Crippen molar-refractivity contribution < 1.29 is 4.79 Å². The number of anilines is 1. The quantitative estimate of drug-likeness (QED) is 0.910. The van der Waals surface area contributed by atoms with Gasteiger partial charge in [-0.2, -0.15) is 5.10 Å². The van der Waals surface area contributed by atoms with Gasteiger partial charge in [-0.25, -0.2) is 4.68 Å². The molecule has 0 radical (unpaired) electrons. The lowest BCUT2D eigenvalue weighted by Gasteiger charge is -2.12. The summed E-state index contributed by atoms with van der Waals surface area (Å²) in [6.45, 7) is 1.95. The fraction of sp³-hybridized carbons (Fsp3) is 0.333. The molecule has 1 aromatic carbocycles. The molecule has 0 bridgehead atoms. The van der Waals surface area contributed by atoms with Gasteiger partial charge in [0.1, 0.15) is 0 Å². The van der Waals surface area contributed by atoms with E-state index in [1.54, 1.807) is 10.9 Å². The van der Waals surface area contributed by atoms with Crippen molar-refractivity contribution in [1.82, 2.24) is 15.1 Å². The van der Waals surface area contributed by atoms with Crippen molar-refractivity contribution in [3.63, 3.8) is 0 Å². The largest absolute Gasteiger partial charge is 0.324 e. The van der Waals surface area contributed by atoms with Crippen LogP contribution in [0.3, 0.4) is 0 Å². The fourth-order valence-corrected chi connectivity index (χ4v) is 2.54. The molecule has 0 spiro atoms. The molecule has 3 rings (SSSR count). The normalized spacial score (nSPS) is 17.2. The lowest BCUT2D eigenvalue weighted by Crippen LogP contribution is -2.19. The Hall–Kier alpha value is -1.85. The third-order valence-corrected chi connectivity index (χ3v) is 3.57. The second-order valence-corrected chi connectivity index (χ2v) is 5.08. The average Bonchev–Trinajstić information content (AvgIpc) is 3.11. The summed E-state index contributed by atoms with van der Waals surface area (Å²) in [6.07, 6.45) is 5.24. The Morgan fingerprint density at radius 2 is 2.24 bits per heavy atom. The van der Waals surface area contributed by atoms with Crippen LogP contribution in [0.4, 0.5) is 5.69 Å². The molecule has 1 saturated heterocycles. The van der Waals surface area contributed by atoms with Crippen LogP contribution in [0.25, 0.3) is 5.69 Å². The minimum atomic E-state index is 0. The molecule has 1 aromatic heterocycles. The summed E-state index contributed by atoms with van der Waals surface area (Å²) in [4.78, 5) is 12.1. The molecule has 1 fully saturated rings. The van der Waals surface area contributed by atoms with E-state index in [9.17, 15) is 4.79 Å². The molecule has 112 valence electrons. The highest BCUT2D eigenvalue weighted by Crippen LogP contribution is 2.20. The Balaban J connectivity index is 0.00000161. The highest BCUT2D eigenvalue weighted by molar-refractivity contribution is 5.93. The molecule has 0 saturated carbocycles. The Kier molecular flexibility index (Phi) is 5.36. The summed E-state index contributed by atoms with van der Waals surface area (Å²) in [5.41, 5.74) is 1.68. The van der Waals surface area contributed by atoms with Crippen molar-refractivity contribution in [3.05, 3.63) is 42.7 Å². The molecule has 21 heavy (non-hydrogen) atoms. The molecule has 2 N–H and O–H groups in total. The van der Waals surface area contributed by atoms with Crippen LogP contribution in [-0.4, -0.2) is 28.8 Å². The molecule has 1 amide bonds. The van der Waals surface area contributed by atoms with Gasteiger partial charge in [0.25, 0.3) is 0 Å². The lowest BCUT2D eigenvalue weighted by atomic mass is 10.0. The first-order valence-electron chi connectivity index (χ1n) is 6.92. The number of benzene rings is 1. The van der Waals surface area contributed by atoms with E-state index in [4.69, 9.17) is 0 Å². The molecule has 2 heterocycles. The summed E-state index contributed by atoms with van der Waals surface area (Å²) in [6, 6.07) is 9.57. The SMILES string of the molecule is Cl.O=C(CC1CCNC1)Nc1ccccc1-n1cccn1. The summed E-state index contributed by atoms with van der Waals surface area (Å²) in [5, 5.41) is 10.5. The number of nitrogens with one attached hydrogen (secondary N) is 2. The number of hydrogen-bond acceptors (Lipinski definition) is 3.